The summed E-state index contributed by atoms with van der Waals surface area (Å²) >= 11 is 0. The first-order valence-electron chi connectivity index (χ1n) is 5.13. The van der Waals surface area contributed by atoms with E-state index in [1.807, 2.05) is 13.0 Å². The molecule has 2 aromatic rings. The molecule has 0 fully saturated rings. The van der Waals surface area contributed by atoms with Crippen molar-refractivity contribution in [3.63, 3.8) is 0 Å². The summed E-state index contributed by atoms with van der Waals surface area (Å²) in [6, 6.07) is 7.98. The van der Waals surface area contributed by atoms with Crippen LogP contribution in [0.4, 0.5) is 4.39 Å². The fourth-order valence-electron chi connectivity index (χ4n) is 1.41. The number of hydrogen-bond acceptors (Lipinski definition) is 2. The van der Waals surface area contributed by atoms with Gasteiger partial charge < -0.3 is 4.74 Å². The standard InChI is InChI=1S/C12H13FN2O/c1-9-8-11(15-14-9)6-7-16-12-4-2-10(13)3-5-12/h2-5,8H,6-7H2,1H3,(H,14,15). The molecular formula is C12H13FN2O. The van der Waals surface area contributed by atoms with Gasteiger partial charge in [0, 0.05) is 12.1 Å². The van der Waals surface area contributed by atoms with Gasteiger partial charge in [0.2, 0.25) is 0 Å². The highest BCUT2D eigenvalue weighted by Gasteiger charge is 1.99. The van der Waals surface area contributed by atoms with Crippen molar-refractivity contribution < 1.29 is 9.13 Å². The Morgan fingerprint density at radius 1 is 1.31 bits per heavy atom. The molecule has 0 unspecified atom stereocenters. The Hall–Kier alpha value is -1.84. The highest BCUT2D eigenvalue weighted by atomic mass is 19.1. The molecule has 0 atom stereocenters. The Labute approximate surface area is 93.3 Å². The van der Waals surface area contributed by atoms with E-state index in [0.29, 0.717) is 12.4 Å². The van der Waals surface area contributed by atoms with Gasteiger partial charge >= 0.3 is 0 Å². The van der Waals surface area contributed by atoms with Crippen LogP contribution in [0.5, 0.6) is 5.75 Å². The van der Waals surface area contributed by atoms with Crippen LogP contribution in [-0.4, -0.2) is 16.8 Å². The summed E-state index contributed by atoms with van der Waals surface area (Å²) in [4.78, 5) is 0. The maximum Gasteiger partial charge on any atom is 0.123 e. The van der Waals surface area contributed by atoms with E-state index in [2.05, 4.69) is 10.2 Å². The lowest BCUT2D eigenvalue weighted by molar-refractivity contribution is 0.320. The molecule has 0 radical (unpaired) electrons. The van der Waals surface area contributed by atoms with Crippen molar-refractivity contribution in [2.45, 2.75) is 13.3 Å². The van der Waals surface area contributed by atoms with E-state index in [1.165, 1.54) is 12.1 Å². The van der Waals surface area contributed by atoms with Crippen LogP contribution in [0.3, 0.4) is 0 Å². The smallest absolute Gasteiger partial charge is 0.123 e. The minimum Gasteiger partial charge on any atom is -0.493 e. The summed E-state index contributed by atoms with van der Waals surface area (Å²) in [5.41, 5.74) is 2.01. The second kappa shape index (κ2) is 4.79. The van der Waals surface area contributed by atoms with E-state index in [1.54, 1.807) is 12.1 Å². The quantitative estimate of drug-likeness (QED) is 0.859. The molecule has 0 saturated carbocycles. The molecule has 1 aromatic carbocycles. The van der Waals surface area contributed by atoms with Gasteiger partial charge in [0.15, 0.2) is 0 Å². The number of hydrogen-bond donors (Lipinski definition) is 1. The molecule has 2 rings (SSSR count). The molecule has 0 saturated heterocycles. The summed E-state index contributed by atoms with van der Waals surface area (Å²) in [6.07, 6.45) is 0.738. The minimum atomic E-state index is -0.254. The van der Waals surface area contributed by atoms with Crippen molar-refractivity contribution in [1.82, 2.24) is 10.2 Å². The Balaban J connectivity index is 1.82. The average Bonchev–Trinajstić information content (AvgIpc) is 2.67. The zero-order valence-corrected chi connectivity index (χ0v) is 9.03. The summed E-state index contributed by atoms with van der Waals surface area (Å²) in [7, 11) is 0. The number of nitrogens with zero attached hydrogens (tertiary/aromatic N) is 1. The minimum absolute atomic E-state index is 0.254. The molecular weight excluding hydrogens is 207 g/mol. The molecule has 1 N–H and O–H groups in total. The molecule has 0 spiro atoms. The zero-order valence-electron chi connectivity index (χ0n) is 9.03. The maximum atomic E-state index is 12.6. The third-order valence-corrected chi connectivity index (χ3v) is 2.20. The van der Waals surface area contributed by atoms with Crippen LogP contribution in [0.2, 0.25) is 0 Å². The average molecular weight is 220 g/mol. The number of nitrogens with one attached hydrogen (secondary N) is 1. The number of aromatic nitrogens is 2. The third-order valence-electron chi connectivity index (χ3n) is 2.20. The van der Waals surface area contributed by atoms with Gasteiger partial charge in [-0.3, -0.25) is 5.10 Å². The first kappa shape index (κ1) is 10.7. The number of H-pyrrole nitrogens is 1. The normalized spacial score (nSPS) is 10.4. The van der Waals surface area contributed by atoms with Gasteiger partial charge in [-0.1, -0.05) is 0 Å². The Morgan fingerprint density at radius 3 is 2.69 bits per heavy atom. The summed E-state index contributed by atoms with van der Waals surface area (Å²) in [6.45, 7) is 2.49. The van der Waals surface area contributed by atoms with Gasteiger partial charge in [0.25, 0.3) is 0 Å². The molecule has 16 heavy (non-hydrogen) atoms. The van der Waals surface area contributed by atoms with E-state index in [4.69, 9.17) is 4.74 Å². The van der Waals surface area contributed by atoms with Crippen molar-refractivity contribution in [2.24, 2.45) is 0 Å². The molecule has 84 valence electrons. The second-order valence-corrected chi connectivity index (χ2v) is 3.59. The molecule has 1 heterocycles. The van der Waals surface area contributed by atoms with Crippen molar-refractivity contribution >= 4 is 0 Å². The number of halogens is 1. The number of aromatic amines is 1. The molecule has 3 nitrogen and oxygen atoms in total. The fourth-order valence-corrected chi connectivity index (χ4v) is 1.41. The lowest BCUT2D eigenvalue weighted by Crippen LogP contribution is -2.01. The van der Waals surface area contributed by atoms with Gasteiger partial charge in [-0.15, -0.1) is 0 Å². The highest BCUT2D eigenvalue weighted by molar-refractivity contribution is 5.22. The third kappa shape index (κ3) is 2.82. The largest absolute Gasteiger partial charge is 0.493 e. The van der Waals surface area contributed by atoms with E-state index < -0.39 is 0 Å². The predicted octanol–water partition coefficient (Wildman–Crippen LogP) is 2.48. The molecule has 0 amide bonds. The molecule has 4 heteroatoms. The van der Waals surface area contributed by atoms with Crippen LogP contribution in [0, 0.1) is 12.7 Å². The Bertz CT molecular complexity index is 450. The second-order valence-electron chi connectivity index (χ2n) is 3.59. The lowest BCUT2D eigenvalue weighted by atomic mass is 10.3. The molecule has 0 bridgehead atoms. The predicted molar refractivity (Wildman–Crippen MR) is 58.9 cm³/mol. The Kier molecular flexibility index (Phi) is 3.19. The fraction of sp³-hybridized carbons (Fsp3) is 0.250. The summed E-state index contributed by atoms with van der Waals surface area (Å²) in [5.74, 6) is 0.420. The van der Waals surface area contributed by atoms with E-state index in [9.17, 15) is 4.39 Å². The van der Waals surface area contributed by atoms with Crippen LogP contribution in [0.25, 0.3) is 0 Å². The first-order valence-corrected chi connectivity index (χ1v) is 5.13. The number of ether oxygens (including phenoxy) is 1. The van der Waals surface area contributed by atoms with Crippen LogP contribution in [0.1, 0.15) is 11.4 Å². The Morgan fingerprint density at radius 2 is 2.06 bits per heavy atom. The molecule has 0 aliphatic heterocycles. The van der Waals surface area contributed by atoms with E-state index >= 15 is 0 Å². The van der Waals surface area contributed by atoms with Crippen molar-refractivity contribution in [2.75, 3.05) is 6.61 Å². The van der Waals surface area contributed by atoms with Gasteiger partial charge in [-0.25, -0.2) is 4.39 Å². The summed E-state index contributed by atoms with van der Waals surface area (Å²) in [5, 5.41) is 6.97. The monoisotopic (exact) mass is 220 g/mol. The number of benzene rings is 1. The number of rotatable bonds is 4. The van der Waals surface area contributed by atoms with Gasteiger partial charge in [-0.05, 0) is 37.3 Å². The van der Waals surface area contributed by atoms with Gasteiger partial charge in [0.1, 0.15) is 11.6 Å². The van der Waals surface area contributed by atoms with Crippen LogP contribution in [0.15, 0.2) is 30.3 Å². The maximum absolute atomic E-state index is 12.6. The first-order chi connectivity index (χ1) is 7.74. The van der Waals surface area contributed by atoms with E-state index in [0.717, 1.165) is 17.8 Å². The van der Waals surface area contributed by atoms with Crippen molar-refractivity contribution in [1.29, 1.82) is 0 Å². The van der Waals surface area contributed by atoms with Crippen molar-refractivity contribution in [3.05, 3.63) is 47.5 Å². The number of aryl methyl sites for hydroxylation is 1. The van der Waals surface area contributed by atoms with Crippen LogP contribution >= 0.6 is 0 Å². The van der Waals surface area contributed by atoms with Crippen LogP contribution in [-0.2, 0) is 6.42 Å². The SMILES string of the molecule is Cc1cc(CCOc2ccc(F)cc2)n[nH]1. The lowest BCUT2D eigenvalue weighted by Gasteiger charge is -2.04. The van der Waals surface area contributed by atoms with Crippen molar-refractivity contribution in [3.8, 4) is 5.75 Å². The molecule has 0 aliphatic rings. The van der Waals surface area contributed by atoms with E-state index in [-0.39, 0.29) is 5.82 Å². The van der Waals surface area contributed by atoms with Gasteiger partial charge in [0.05, 0.1) is 12.3 Å². The molecule has 1 aromatic heterocycles. The van der Waals surface area contributed by atoms with Crippen LogP contribution < -0.4 is 4.74 Å². The van der Waals surface area contributed by atoms with Gasteiger partial charge in [-0.2, -0.15) is 5.10 Å². The zero-order chi connectivity index (χ0) is 11.4. The molecule has 0 aliphatic carbocycles. The highest BCUT2D eigenvalue weighted by Crippen LogP contribution is 2.11. The topological polar surface area (TPSA) is 37.9 Å². The summed E-state index contributed by atoms with van der Waals surface area (Å²) < 4.78 is 18.1.